The van der Waals surface area contributed by atoms with Crippen LogP contribution in [0.5, 0.6) is 0 Å². The van der Waals surface area contributed by atoms with E-state index in [4.69, 9.17) is 5.73 Å². The summed E-state index contributed by atoms with van der Waals surface area (Å²) < 4.78 is 0. The fraction of sp³-hybridized carbons (Fsp3) is 0.300. The Morgan fingerprint density at radius 2 is 2.15 bits per heavy atom. The van der Waals surface area contributed by atoms with E-state index < -0.39 is 0 Å². The van der Waals surface area contributed by atoms with E-state index in [0.29, 0.717) is 5.56 Å². The molecule has 2 nitrogen and oxygen atoms in total. The molecule has 1 rings (SSSR count). The van der Waals surface area contributed by atoms with Crippen LogP contribution in [-0.4, -0.2) is 12.2 Å². The van der Waals surface area contributed by atoms with Crippen molar-refractivity contribution in [2.45, 2.75) is 18.2 Å². The highest BCUT2D eigenvalue weighted by Crippen LogP contribution is 2.19. The lowest BCUT2D eigenvalue weighted by atomic mass is 10.1. The standard InChI is InChI=1S/C10H13NOS/c1-3-7-4-8(10(11)12)6-9(5-7)13-2/h4-6H,3H2,1-2H3,(H2,11,12). The van der Waals surface area contributed by atoms with E-state index in [9.17, 15) is 4.79 Å². The van der Waals surface area contributed by atoms with Crippen molar-refractivity contribution in [3.63, 3.8) is 0 Å². The largest absolute Gasteiger partial charge is 0.366 e. The Bertz CT molecular complexity index is 300. The van der Waals surface area contributed by atoms with Crippen molar-refractivity contribution in [1.29, 1.82) is 0 Å². The van der Waals surface area contributed by atoms with Crippen LogP contribution in [0.2, 0.25) is 0 Å². The lowest BCUT2D eigenvalue weighted by Gasteiger charge is -2.03. The molecule has 2 N–H and O–H groups in total. The Morgan fingerprint density at radius 3 is 2.62 bits per heavy atom. The van der Waals surface area contributed by atoms with E-state index in [-0.39, 0.29) is 5.91 Å². The molecule has 1 amide bonds. The molecule has 0 radical (unpaired) electrons. The van der Waals surface area contributed by atoms with Crippen LogP contribution in [-0.2, 0) is 6.42 Å². The summed E-state index contributed by atoms with van der Waals surface area (Å²) in [6.07, 6.45) is 2.91. The maximum absolute atomic E-state index is 11.0. The molecule has 0 fully saturated rings. The van der Waals surface area contributed by atoms with Crippen molar-refractivity contribution >= 4 is 17.7 Å². The number of nitrogens with two attached hydrogens (primary N) is 1. The van der Waals surface area contributed by atoms with Crippen LogP contribution in [0.4, 0.5) is 0 Å². The predicted octanol–water partition coefficient (Wildman–Crippen LogP) is 2.07. The minimum Gasteiger partial charge on any atom is -0.366 e. The van der Waals surface area contributed by atoms with Crippen LogP contribution in [0, 0.1) is 0 Å². The molecule has 13 heavy (non-hydrogen) atoms. The summed E-state index contributed by atoms with van der Waals surface area (Å²) in [5.41, 5.74) is 6.97. The maximum atomic E-state index is 11.0. The van der Waals surface area contributed by atoms with Crippen molar-refractivity contribution < 1.29 is 4.79 Å². The molecule has 3 heteroatoms. The third-order valence-electron chi connectivity index (χ3n) is 1.89. The Balaban J connectivity index is 3.14. The Hall–Kier alpha value is -0.960. The Labute approximate surface area is 82.5 Å². The van der Waals surface area contributed by atoms with E-state index in [1.165, 1.54) is 0 Å². The normalized spacial score (nSPS) is 10.0. The van der Waals surface area contributed by atoms with Gasteiger partial charge in [-0.2, -0.15) is 0 Å². The van der Waals surface area contributed by atoms with Gasteiger partial charge in [-0.05, 0) is 36.4 Å². The predicted molar refractivity (Wildman–Crippen MR) is 56.1 cm³/mol. The van der Waals surface area contributed by atoms with Crippen LogP contribution >= 0.6 is 11.8 Å². The van der Waals surface area contributed by atoms with Gasteiger partial charge in [-0.3, -0.25) is 4.79 Å². The number of aryl methyl sites for hydroxylation is 1. The van der Waals surface area contributed by atoms with Crippen LogP contribution < -0.4 is 5.73 Å². The van der Waals surface area contributed by atoms with Crippen molar-refractivity contribution in [2.75, 3.05) is 6.26 Å². The maximum Gasteiger partial charge on any atom is 0.248 e. The molecule has 0 unspecified atom stereocenters. The zero-order valence-electron chi connectivity index (χ0n) is 7.83. The second-order valence-electron chi connectivity index (χ2n) is 2.79. The molecule has 0 aliphatic carbocycles. The van der Waals surface area contributed by atoms with Crippen molar-refractivity contribution in [2.24, 2.45) is 5.73 Å². The van der Waals surface area contributed by atoms with Crippen molar-refractivity contribution in [3.05, 3.63) is 29.3 Å². The lowest BCUT2D eigenvalue weighted by Crippen LogP contribution is -2.11. The van der Waals surface area contributed by atoms with E-state index in [1.54, 1.807) is 11.8 Å². The number of amides is 1. The summed E-state index contributed by atoms with van der Waals surface area (Å²) in [6.45, 7) is 2.06. The quantitative estimate of drug-likeness (QED) is 0.750. The number of rotatable bonds is 3. The molecule has 0 atom stereocenters. The number of primary amides is 1. The molecule has 1 aromatic carbocycles. The van der Waals surface area contributed by atoms with E-state index in [0.717, 1.165) is 16.9 Å². The second kappa shape index (κ2) is 4.33. The molecule has 0 aliphatic rings. The minimum atomic E-state index is -0.356. The topological polar surface area (TPSA) is 43.1 Å². The first-order chi connectivity index (χ1) is 6.17. The fourth-order valence-electron chi connectivity index (χ4n) is 1.12. The summed E-state index contributed by atoms with van der Waals surface area (Å²) >= 11 is 1.62. The van der Waals surface area contributed by atoms with Gasteiger partial charge in [-0.15, -0.1) is 11.8 Å². The smallest absolute Gasteiger partial charge is 0.248 e. The number of carbonyl (C=O) groups excluding carboxylic acids is 1. The molecule has 0 saturated carbocycles. The zero-order valence-corrected chi connectivity index (χ0v) is 8.65. The molecule has 0 saturated heterocycles. The molecule has 70 valence electrons. The van der Waals surface area contributed by atoms with Gasteiger partial charge < -0.3 is 5.73 Å². The lowest BCUT2D eigenvalue weighted by molar-refractivity contribution is 0.1000. The minimum absolute atomic E-state index is 0.356. The van der Waals surface area contributed by atoms with E-state index >= 15 is 0 Å². The van der Waals surface area contributed by atoms with Crippen LogP contribution in [0.15, 0.2) is 23.1 Å². The molecule has 0 heterocycles. The first-order valence-corrected chi connectivity index (χ1v) is 5.37. The number of hydrogen-bond donors (Lipinski definition) is 1. The van der Waals surface area contributed by atoms with E-state index in [2.05, 4.69) is 13.0 Å². The number of hydrogen-bond acceptors (Lipinski definition) is 2. The van der Waals surface area contributed by atoms with Gasteiger partial charge in [-0.1, -0.05) is 6.92 Å². The SMILES string of the molecule is CCc1cc(SC)cc(C(N)=O)c1. The molecule has 0 spiro atoms. The van der Waals surface area contributed by atoms with Gasteiger partial charge in [0.15, 0.2) is 0 Å². The fourth-order valence-corrected chi connectivity index (χ4v) is 1.64. The van der Waals surface area contributed by atoms with Crippen molar-refractivity contribution in [1.82, 2.24) is 0 Å². The van der Waals surface area contributed by atoms with Gasteiger partial charge in [0.2, 0.25) is 5.91 Å². The van der Waals surface area contributed by atoms with Crippen molar-refractivity contribution in [3.8, 4) is 0 Å². The van der Waals surface area contributed by atoms with Gasteiger partial charge in [0.05, 0.1) is 0 Å². The van der Waals surface area contributed by atoms with Gasteiger partial charge >= 0.3 is 0 Å². The summed E-state index contributed by atoms with van der Waals surface area (Å²) in [6, 6.07) is 5.76. The zero-order chi connectivity index (χ0) is 9.84. The highest BCUT2D eigenvalue weighted by molar-refractivity contribution is 7.98. The first-order valence-electron chi connectivity index (χ1n) is 4.15. The third-order valence-corrected chi connectivity index (χ3v) is 2.60. The highest BCUT2D eigenvalue weighted by atomic mass is 32.2. The van der Waals surface area contributed by atoms with E-state index in [1.807, 2.05) is 18.4 Å². The first kappa shape index (κ1) is 10.1. The Kier molecular flexibility index (Phi) is 3.37. The molecular weight excluding hydrogens is 182 g/mol. The van der Waals surface area contributed by atoms with Gasteiger partial charge in [0.25, 0.3) is 0 Å². The molecule has 0 aliphatic heterocycles. The molecule has 0 bridgehead atoms. The number of thioether (sulfide) groups is 1. The summed E-state index contributed by atoms with van der Waals surface area (Å²) in [5.74, 6) is -0.356. The number of benzene rings is 1. The van der Waals surface area contributed by atoms with Crippen LogP contribution in [0.1, 0.15) is 22.8 Å². The summed E-state index contributed by atoms with van der Waals surface area (Å²) in [5, 5.41) is 0. The summed E-state index contributed by atoms with van der Waals surface area (Å²) in [7, 11) is 0. The molecule has 0 aromatic heterocycles. The van der Waals surface area contributed by atoms with Gasteiger partial charge in [0.1, 0.15) is 0 Å². The summed E-state index contributed by atoms with van der Waals surface area (Å²) in [4.78, 5) is 12.0. The average Bonchev–Trinajstić information content (AvgIpc) is 2.16. The molecular formula is C10H13NOS. The van der Waals surface area contributed by atoms with Gasteiger partial charge in [0, 0.05) is 10.5 Å². The molecule has 1 aromatic rings. The number of carbonyl (C=O) groups is 1. The van der Waals surface area contributed by atoms with Crippen LogP contribution in [0.3, 0.4) is 0 Å². The Morgan fingerprint density at radius 1 is 1.46 bits per heavy atom. The van der Waals surface area contributed by atoms with Gasteiger partial charge in [-0.25, -0.2) is 0 Å². The van der Waals surface area contributed by atoms with Crippen LogP contribution in [0.25, 0.3) is 0 Å². The second-order valence-corrected chi connectivity index (χ2v) is 3.67. The monoisotopic (exact) mass is 195 g/mol. The highest BCUT2D eigenvalue weighted by Gasteiger charge is 2.03. The average molecular weight is 195 g/mol. The third kappa shape index (κ3) is 2.49.